The van der Waals surface area contributed by atoms with Crippen LogP contribution in [0.15, 0.2) is 48.5 Å². The molecule has 2 N–H and O–H groups in total. The van der Waals surface area contributed by atoms with Gasteiger partial charge in [-0.1, -0.05) is 35.0 Å². The number of nitrogens with one attached hydrogen (secondary N) is 2. The highest BCUT2D eigenvalue weighted by Gasteiger charge is 2.25. The lowest BCUT2D eigenvalue weighted by molar-refractivity contribution is -0.117. The van der Waals surface area contributed by atoms with Crippen LogP contribution < -0.4 is 10.1 Å². The number of nitrogens with zero attached hydrogens (tertiary/aromatic N) is 3. The highest BCUT2D eigenvalue weighted by Crippen LogP contribution is 2.22. The summed E-state index contributed by atoms with van der Waals surface area (Å²) in [5.41, 5.74) is 2.81. The van der Waals surface area contributed by atoms with Gasteiger partial charge in [0.2, 0.25) is 5.91 Å². The Hall–Kier alpha value is -3.22. The van der Waals surface area contributed by atoms with Crippen LogP contribution in [0.25, 0.3) is 0 Å². The summed E-state index contributed by atoms with van der Waals surface area (Å²) in [6.45, 7) is 2.00. The van der Waals surface area contributed by atoms with Crippen molar-refractivity contribution in [3.63, 3.8) is 0 Å². The highest BCUT2D eigenvalue weighted by atomic mass is 16.5. The summed E-state index contributed by atoms with van der Waals surface area (Å²) >= 11 is 0. The van der Waals surface area contributed by atoms with Crippen LogP contribution >= 0.6 is 0 Å². The lowest BCUT2D eigenvalue weighted by Crippen LogP contribution is -2.24. The number of carbonyl (C=O) groups excluding carboxylic acids is 1. The molecule has 1 amide bonds. The monoisotopic (exact) mass is 337 g/mol. The fourth-order valence-electron chi connectivity index (χ4n) is 2.52. The smallest absolute Gasteiger partial charge is 0.235 e. The van der Waals surface area contributed by atoms with Crippen molar-refractivity contribution >= 4 is 11.6 Å². The summed E-state index contributed by atoms with van der Waals surface area (Å²) < 4.78 is 5.24. The van der Waals surface area contributed by atoms with Gasteiger partial charge < -0.3 is 10.1 Å². The van der Waals surface area contributed by atoms with Crippen LogP contribution in [-0.4, -0.2) is 33.6 Å². The summed E-state index contributed by atoms with van der Waals surface area (Å²) in [5, 5.41) is 16.9. The Morgan fingerprint density at radius 1 is 1.24 bits per heavy atom. The van der Waals surface area contributed by atoms with Gasteiger partial charge in [0.1, 0.15) is 11.7 Å². The Bertz CT molecular complexity index is 831. The average molecular weight is 337 g/mol. The molecule has 3 aromatic rings. The minimum atomic E-state index is -0.563. The van der Waals surface area contributed by atoms with Gasteiger partial charge in [-0.3, -0.25) is 4.79 Å². The summed E-state index contributed by atoms with van der Waals surface area (Å²) in [5.74, 6) is 0.343. The van der Waals surface area contributed by atoms with Crippen LogP contribution in [-0.2, 0) is 11.2 Å². The van der Waals surface area contributed by atoms with Crippen molar-refractivity contribution in [3.8, 4) is 5.75 Å². The molecule has 0 bridgehead atoms. The van der Waals surface area contributed by atoms with E-state index in [4.69, 9.17) is 4.74 Å². The fourth-order valence-corrected chi connectivity index (χ4v) is 2.52. The molecule has 2 aromatic carbocycles. The number of anilines is 1. The van der Waals surface area contributed by atoms with Gasteiger partial charge in [-0.15, -0.1) is 10.2 Å². The predicted molar refractivity (Wildman–Crippen MR) is 93.4 cm³/mol. The van der Waals surface area contributed by atoms with E-state index in [1.807, 2.05) is 55.5 Å². The number of rotatable bonds is 6. The summed E-state index contributed by atoms with van der Waals surface area (Å²) in [6.07, 6.45) is 0.439. The van der Waals surface area contributed by atoms with Crippen LogP contribution in [0.3, 0.4) is 0 Å². The third-order valence-electron chi connectivity index (χ3n) is 3.88. The molecule has 128 valence electrons. The van der Waals surface area contributed by atoms with Gasteiger partial charge in [0.05, 0.1) is 7.11 Å². The molecule has 0 radical (unpaired) electrons. The minimum Gasteiger partial charge on any atom is -0.497 e. The van der Waals surface area contributed by atoms with Crippen molar-refractivity contribution in [2.24, 2.45) is 0 Å². The topological polar surface area (TPSA) is 92.8 Å². The van der Waals surface area contributed by atoms with E-state index in [2.05, 4.69) is 25.9 Å². The molecule has 0 unspecified atom stereocenters. The quantitative estimate of drug-likeness (QED) is 0.721. The number of ether oxygens (including phenoxy) is 1. The number of tetrazole rings is 1. The number of aryl methyl sites for hydroxylation is 1. The fraction of sp³-hybridized carbons (Fsp3) is 0.222. The van der Waals surface area contributed by atoms with Crippen LogP contribution in [0.1, 0.15) is 22.9 Å². The van der Waals surface area contributed by atoms with Crippen LogP contribution in [0.4, 0.5) is 5.69 Å². The molecule has 0 fully saturated rings. The first-order valence-corrected chi connectivity index (χ1v) is 7.89. The molecule has 1 atom stereocenters. The first-order valence-electron chi connectivity index (χ1n) is 7.89. The largest absolute Gasteiger partial charge is 0.497 e. The van der Waals surface area contributed by atoms with E-state index in [0.717, 1.165) is 22.6 Å². The number of methoxy groups -OCH3 is 1. The number of H-pyrrole nitrogens is 1. The zero-order chi connectivity index (χ0) is 17.6. The van der Waals surface area contributed by atoms with E-state index >= 15 is 0 Å². The SMILES string of the molecule is COc1cccc(C[C@H](C(=O)Nc2ccc(C)cc2)c2nn[nH]n2)c1. The van der Waals surface area contributed by atoms with Crippen molar-refractivity contribution in [2.45, 2.75) is 19.3 Å². The van der Waals surface area contributed by atoms with Gasteiger partial charge >= 0.3 is 0 Å². The second-order valence-corrected chi connectivity index (χ2v) is 5.73. The van der Waals surface area contributed by atoms with Gasteiger partial charge in [-0.05, 0) is 43.2 Å². The molecule has 0 saturated carbocycles. The van der Waals surface area contributed by atoms with Crippen molar-refractivity contribution in [1.29, 1.82) is 0 Å². The maximum Gasteiger partial charge on any atom is 0.235 e. The normalized spacial score (nSPS) is 11.8. The molecule has 0 aliphatic rings. The van der Waals surface area contributed by atoms with Gasteiger partial charge in [0.15, 0.2) is 5.82 Å². The first kappa shape index (κ1) is 16.6. The Labute approximate surface area is 145 Å². The molecule has 25 heavy (non-hydrogen) atoms. The summed E-state index contributed by atoms with van der Waals surface area (Å²) in [7, 11) is 1.61. The van der Waals surface area contributed by atoms with E-state index in [1.165, 1.54) is 0 Å². The molecular weight excluding hydrogens is 318 g/mol. The van der Waals surface area contributed by atoms with Gasteiger partial charge in [-0.25, -0.2) is 0 Å². The van der Waals surface area contributed by atoms with Crippen LogP contribution in [0.5, 0.6) is 5.75 Å². The Balaban J connectivity index is 1.81. The number of hydrogen-bond donors (Lipinski definition) is 2. The molecule has 0 saturated heterocycles. The molecule has 7 heteroatoms. The number of amides is 1. The third kappa shape index (κ3) is 4.20. The molecule has 7 nitrogen and oxygen atoms in total. The molecule has 0 spiro atoms. The average Bonchev–Trinajstić information content (AvgIpc) is 3.16. The first-order chi connectivity index (χ1) is 12.2. The molecule has 3 rings (SSSR count). The van der Waals surface area contributed by atoms with Gasteiger partial charge in [-0.2, -0.15) is 5.21 Å². The van der Waals surface area contributed by atoms with Crippen molar-refractivity contribution < 1.29 is 9.53 Å². The summed E-state index contributed by atoms with van der Waals surface area (Å²) in [6, 6.07) is 15.2. The zero-order valence-electron chi connectivity index (χ0n) is 14.1. The lowest BCUT2D eigenvalue weighted by Gasteiger charge is -2.14. The number of hydrogen-bond acceptors (Lipinski definition) is 5. The molecular formula is C18H19N5O2. The molecule has 0 aliphatic carbocycles. The number of carbonyl (C=O) groups is 1. The Morgan fingerprint density at radius 3 is 2.72 bits per heavy atom. The third-order valence-corrected chi connectivity index (χ3v) is 3.88. The van der Waals surface area contributed by atoms with E-state index < -0.39 is 5.92 Å². The second kappa shape index (κ2) is 7.57. The number of aromatic nitrogens is 4. The van der Waals surface area contributed by atoms with E-state index in [-0.39, 0.29) is 5.91 Å². The Morgan fingerprint density at radius 2 is 2.04 bits per heavy atom. The summed E-state index contributed by atoms with van der Waals surface area (Å²) in [4.78, 5) is 12.8. The molecule has 0 aliphatic heterocycles. The van der Waals surface area contributed by atoms with Gasteiger partial charge in [0, 0.05) is 5.69 Å². The van der Waals surface area contributed by atoms with E-state index in [9.17, 15) is 4.79 Å². The Kier molecular flexibility index (Phi) is 5.03. The highest BCUT2D eigenvalue weighted by molar-refractivity contribution is 5.95. The standard InChI is InChI=1S/C18H19N5O2/c1-12-6-8-14(9-7-12)19-18(24)16(17-20-22-23-21-17)11-13-4-3-5-15(10-13)25-2/h3-10,16H,11H2,1-2H3,(H,19,24)(H,20,21,22,23)/t16-/m0/s1. The lowest BCUT2D eigenvalue weighted by atomic mass is 9.97. The predicted octanol–water partition coefficient (Wildman–Crippen LogP) is 2.48. The maximum atomic E-state index is 12.8. The van der Waals surface area contributed by atoms with Crippen molar-refractivity contribution in [3.05, 3.63) is 65.5 Å². The molecule has 1 heterocycles. The number of aromatic amines is 1. The number of benzene rings is 2. The van der Waals surface area contributed by atoms with Crippen molar-refractivity contribution in [2.75, 3.05) is 12.4 Å². The second-order valence-electron chi connectivity index (χ2n) is 5.73. The van der Waals surface area contributed by atoms with E-state index in [1.54, 1.807) is 7.11 Å². The van der Waals surface area contributed by atoms with E-state index in [0.29, 0.717) is 12.2 Å². The van der Waals surface area contributed by atoms with Gasteiger partial charge in [0.25, 0.3) is 0 Å². The molecule has 1 aromatic heterocycles. The maximum absolute atomic E-state index is 12.8. The van der Waals surface area contributed by atoms with Crippen LogP contribution in [0, 0.1) is 6.92 Å². The minimum absolute atomic E-state index is 0.187. The zero-order valence-corrected chi connectivity index (χ0v) is 14.1. The van der Waals surface area contributed by atoms with Crippen LogP contribution in [0.2, 0.25) is 0 Å². The van der Waals surface area contributed by atoms with Crippen molar-refractivity contribution in [1.82, 2.24) is 20.6 Å².